The smallest absolute Gasteiger partial charge is 0.336 e. The third kappa shape index (κ3) is 3.59. The Bertz CT molecular complexity index is 882. The highest BCUT2D eigenvalue weighted by molar-refractivity contribution is 5.81. The van der Waals surface area contributed by atoms with E-state index in [-0.39, 0.29) is 5.63 Å². The zero-order chi connectivity index (χ0) is 16.9. The van der Waals surface area contributed by atoms with Crippen LogP contribution in [-0.4, -0.2) is 6.61 Å². The van der Waals surface area contributed by atoms with E-state index in [1.165, 1.54) is 0 Å². The van der Waals surface area contributed by atoms with Crippen molar-refractivity contribution in [2.45, 2.75) is 26.8 Å². The van der Waals surface area contributed by atoms with Crippen molar-refractivity contribution in [2.24, 2.45) is 0 Å². The SMILES string of the molecule is CCOc1ccc(NCc2cc(=O)oc3cc(CC)ccc23)cc1. The number of rotatable bonds is 6. The molecule has 0 spiro atoms. The predicted octanol–water partition coefficient (Wildman–Crippen LogP) is 4.37. The Hall–Kier alpha value is -2.75. The first-order valence-corrected chi connectivity index (χ1v) is 8.22. The zero-order valence-electron chi connectivity index (χ0n) is 14.0. The molecule has 0 bridgehead atoms. The topological polar surface area (TPSA) is 51.5 Å². The standard InChI is InChI=1S/C20H21NO3/c1-3-14-5-10-18-15(12-20(22)24-19(18)11-14)13-21-16-6-8-17(9-7-16)23-4-2/h5-12,21H,3-4,13H2,1-2H3. The maximum Gasteiger partial charge on any atom is 0.336 e. The summed E-state index contributed by atoms with van der Waals surface area (Å²) in [5.74, 6) is 0.848. The van der Waals surface area contributed by atoms with E-state index in [0.717, 1.165) is 34.4 Å². The van der Waals surface area contributed by atoms with E-state index >= 15 is 0 Å². The number of fused-ring (bicyclic) bond motifs is 1. The van der Waals surface area contributed by atoms with Crippen molar-refractivity contribution >= 4 is 16.7 Å². The van der Waals surface area contributed by atoms with Crippen molar-refractivity contribution in [3.8, 4) is 5.75 Å². The maximum absolute atomic E-state index is 11.8. The summed E-state index contributed by atoms with van der Waals surface area (Å²) in [6.45, 7) is 5.25. The number of ether oxygens (including phenoxy) is 1. The van der Waals surface area contributed by atoms with Gasteiger partial charge in [-0.3, -0.25) is 0 Å². The quantitative estimate of drug-likeness (QED) is 0.685. The van der Waals surface area contributed by atoms with Crippen LogP contribution in [0.5, 0.6) is 5.75 Å². The van der Waals surface area contributed by atoms with Crippen LogP contribution in [0.25, 0.3) is 11.0 Å². The highest BCUT2D eigenvalue weighted by Gasteiger charge is 2.06. The zero-order valence-corrected chi connectivity index (χ0v) is 14.0. The first kappa shape index (κ1) is 16.1. The number of aryl methyl sites for hydroxylation is 1. The number of anilines is 1. The molecule has 124 valence electrons. The van der Waals surface area contributed by atoms with Crippen LogP contribution in [0, 0.1) is 0 Å². The van der Waals surface area contributed by atoms with Crippen molar-refractivity contribution in [2.75, 3.05) is 11.9 Å². The molecule has 4 heteroatoms. The summed E-state index contributed by atoms with van der Waals surface area (Å²) >= 11 is 0. The van der Waals surface area contributed by atoms with Gasteiger partial charge in [0.05, 0.1) is 6.61 Å². The summed E-state index contributed by atoms with van der Waals surface area (Å²) in [7, 11) is 0. The van der Waals surface area contributed by atoms with Crippen LogP contribution in [0.2, 0.25) is 0 Å². The average Bonchev–Trinajstić information content (AvgIpc) is 2.60. The molecule has 0 aliphatic rings. The van der Waals surface area contributed by atoms with E-state index in [9.17, 15) is 4.79 Å². The molecule has 1 aromatic heterocycles. The average molecular weight is 323 g/mol. The Labute approximate surface area is 141 Å². The van der Waals surface area contributed by atoms with Gasteiger partial charge in [0.2, 0.25) is 0 Å². The van der Waals surface area contributed by atoms with Gasteiger partial charge in [-0.2, -0.15) is 0 Å². The predicted molar refractivity (Wildman–Crippen MR) is 96.8 cm³/mol. The third-order valence-electron chi connectivity index (χ3n) is 3.95. The summed E-state index contributed by atoms with van der Waals surface area (Å²) in [6.07, 6.45) is 0.911. The number of hydrogen-bond donors (Lipinski definition) is 1. The van der Waals surface area contributed by atoms with Crippen LogP contribution in [0.15, 0.2) is 57.7 Å². The van der Waals surface area contributed by atoms with Gasteiger partial charge in [-0.25, -0.2) is 4.79 Å². The minimum Gasteiger partial charge on any atom is -0.494 e. The highest BCUT2D eigenvalue weighted by atomic mass is 16.5. The number of benzene rings is 2. The van der Waals surface area contributed by atoms with Gasteiger partial charge in [0.15, 0.2) is 0 Å². The first-order valence-electron chi connectivity index (χ1n) is 8.22. The molecule has 0 unspecified atom stereocenters. The molecule has 0 saturated heterocycles. The summed E-state index contributed by atoms with van der Waals surface area (Å²) < 4.78 is 10.8. The van der Waals surface area contributed by atoms with Gasteiger partial charge in [-0.05, 0) is 54.8 Å². The normalized spacial score (nSPS) is 10.8. The van der Waals surface area contributed by atoms with Crippen LogP contribution in [-0.2, 0) is 13.0 Å². The van der Waals surface area contributed by atoms with Crippen LogP contribution in [0.4, 0.5) is 5.69 Å². The highest BCUT2D eigenvalue weighted by Crippen LogP contribution is 2.21. The molecule has 0 amide bonds. The van der Waals surface area contributed by atoms with E-state index in [4.69, 9.17) is 9.15 Å². The fourth-order valence-electron chi connectivity index (χ4n) is 2.67. The molecule has 2 aromatic carbocycles. The van der Waals surface area contributed by atoms with Crippen molar-refractivity contribution in [3.63, 3.8) is 0 Å². The first-order chi connectivity index (χ1) is 11.7. The lowest BCUT2D eigenvalue weighted by Gasteiger charge is -2.10. The third-order valence-corrected chi connectivity index (χ3v) is 3.95. The van der Waals surface area contributed by atoms with Crippen LogP contribution >= 0.6 is 0 Å². The molecule has 0 saturated carbocycles. The van der Waals surface area contributed by atoms with Gasteiger partial charge in [-0.1, -0.05) is 19.1 Å². The number of nitrogens with one attached hydrogen (secondary N) is 1. The monoisotopic (exact) mass is 323 g/mol. The van der Waals surface area contributed by atoms with Gasteiger partial charge in [0.25, 0.3) is 0 Å². The van der Waals surface area contributed by atoms with E-state index in [0.29, 0.717) is 18.7 Å². The van der Waals surface area contributed by atoms with Gasteiger partial charge < -0.3 is 14.5 Å². The molecule has 0 aliphatic heterocycles. The van der Waals surface area contributed by atoms with Crippen molar-refractivity contribution in [3.05, 3.63) is 70.1 Å². The second-order valence-electron chi connectivity index (χ2n) is 5.59. The van der Waals surface area contributed by atoms with Crippen LogP contribution < -0.4 is 15.7 Å². The molecule has 0 aliphatic carbocycles. The van der Waals surface area contributed by atoms with E-state index < -0.39 is 0 Å². The molecule has 0 radical (unpaired) electrons. The molecule has 1 heterocycles. The minimum atomic E-state index is -0.320. The summed E-state index contributed by atoms with van der Waals surface area (Å²) in [5.41, 5.74) is 3.38. The van der Waals surface area contributed by atoms with Crippen LogP contribution in [0.3, 0.4) is 0 Å². The minimum absolute atomic E-state index is 0.320. The Kier molecular flexibility index (Phi) is 4.85. The molecular formula is C20H21NO3. The number of hydrogen-bond acceptors (Lipinski definition) is 4. The molecule has 0 atom stereocenters. The van der Waals surface area contributed by atoms with Crippen molar-refractivity contribution < 1.29 is 9.15 Å². The summed E-state index contributed by atoms with van der Waals surface area (Å²) in [6, 6.07) is 15.4. The maximum atomic E-state index is 11.8. The molecule has 3 aromatic rings. The fraction of sp³-hybridized carbons (Fsp3) is 0.250. The summed E-state index contributed by atoms with van der Waals surface area (Å²) in [4.78, 5) is 11.8. The molecule has 1 N–H and O–H groups in total. The van der Waals surface area contributed by atoms with Gasteiger partial charge >= 0.3 is 5.63 Å². The van der Waals surface area contributed by atoms with E-state index in [2.05, 4.69) is 18.3 Å². The molecule has 0 fully saturated rings. The fourth-order valence-corrected chi connectivity index (χ4v) is 2.67. The van der Waals surface area contributed by atoms with Crippen molar-refractivity contribution in [1.29, 1.82) is 0 Å². The second kappa shape index (κ2) is 7.21. The molecule has 3 rings (SSSR count). The van der Waals surface area contributed by atoms with E-state index in [1.807, 2.05) is 43.3 Å². The molecular weight excluding hydrogens is 302 g/mol. The van der Waals surface area contributed by atoms with Crippen molar-refractivity contribution in [1.82, 2.24) is 0 Å². The summed E-state index contributed by atoms with van der Waals surface area (Å²) in [5, 5.41) is 4.31. The van der Waals surface area contributed by atoms with Gasteiger partial charge in [0, 0.05) is 23.7 Å². The Morgan fingerprint density at radius 1 is 1.04 bits per heavy atom. The Balaban J connectivity index is 1.83. The lowest BCUT2D eigenvalue weighted by molar-refractivity contribution is 0.340. The second-order valence-corrected chi connectivity index (χ2v) is 5.59. The lowest BCUT2D eigenvalue weighted by Crippen LogP contribution is -2.06. The molecule has 4 nitrogen and oxygen atoms in total. The van der Waals surface area contributed by atoms with E-state index in [1.54, 1.807) is 6.07 Å². The molecule has 24 heavy (non-hydrogen) atoms. The van der Waals surface area contributed by atoms with Crippen LogP contribution in [0.1, 0.15) is 25.0 Å². The lowest BCUT2D eigenvalue weighted by atomic mass is 10.1. The largest absolute Gasteiger partial charge is 0.494 e. The van der Waals surface area contributed by atoms with Gasteiger partial charge in [0.1, 0.15) is 11.3 Å². The Morgan fingerprint density at radius 3 is 2.54 bits per heavy atom. The Morgan fingerprint density at radius 2 is 1.83 bits per heavy atom. The van der Waals surface area contributed by atoms with Gasteiger partial charge in [-0.15, -0.1) is 0 Å².